The van der Waals surface area contributed by atoms with Gasteiger partial charge in [-0.3, -0.25) is 4.90 Å². The lowest BCUT2D eigenvalue weighted by Crippen LogP contribution is -2.18. The lowest BCUT2D eigenvalue weighted by atomic mass is 10.2. The van der Waals surface area contributed by atoms with Crippen LogP contribution in [0.4, 0.5) is 0 Å². The van der Waals surface area contributed by atoms with Gasteiger partial charge in [-0.25, -0.2) is 0 Å². The molecule has 0 atom stereocenters. The van der Waals surface area contributed by atoms with E-state index in [0.29, 0.717) is 5.92 Å². The molecule has 2 nitrogen and oxygen atoms in total. The minimum atomic E-state index is 0.709. The Bertz CT molecular complexity index is 548. The monoisotopic (exact) mass is 386 g/mol. The van der Waals surface area contributed by atoms with Crippen molar-refractivity contribution in [3.63, 3.8) is 0 Å². The molecule has 2 heterocycles. The van der Waals surface area contributed by atoms with Crippen LogP contribution in [0.15, 0.2) is 28.1 Å². The SMILES string of the molecule is CC(C)CNCc1ccc(CN(C)Cc2cc(Br)cs2)s1. The van der Waals surface area contributed by atoms with Crippen molar-refractivity contribution in [2.75, 3.05) is 13.6 Å². The van der Waals surface area contributed by atoms with Crippen LogP contribution in [0.1, 0.15) is 28.5 Å². The van der Waals surface area contributed by atoms with Gasteiger partial charge in [0.1, 0.15) is 0 Å². The average molecular weight is 387 g/mol. The summed E-state index contributed by atoms with van der Waals surface area (Å²) < 4.78 is 1.19. The molecule has 0 radical (unpaired) electrons. The lowest BCUT2D eigenvalue weighted by Gasteiger charge is -2.14. The van der Waals surface area contributed by atoms with E-state index in [1.807, 2.05) is 22.7 Å². The summed E-state index contributed by atoms with van der Waals surface area (Å²) in [5.74, 6) is 0.709. The quantitative estimate of drug-likeness (QED) is 0.690. The van der Waals surface area contributed by atoms with Crippen LogP contribution in [0.3, 0.4) is 0 Å². The number of hydrogen-bond donors (Lipinski definition) is 1. The van der Waals surface area contributed by atoms with E-state index in [9.17, 15) is 0 Å². The number of thiophene rings is 2. The first-order chi connectivity index (χ1) is 10.0. The Morgan fingerprint density at radius 1 is 1.19 bits per heavy atom. The molecule has 0 amide bonds. The average Bonchev–Trinajstić information content (AvgIpc) is 2.98. The highest BCUT2D eigenvalue weighted by molar-refractivity contribution is 9.10. The molecule has 0 unspecified atom stereocenters. The van der Waals surface area contributed by atoms with Crippen LogP contribution < -0.4 is 5.32 Å². The smallest absolute Gasteiger partial charge is 0.0329 e. The summed E-state index contributed by atoms with van der Waals surface area (Å²) in [5, 5.41) is 5.65. The zero-order valence-electron chi connectivity index (χ0n) is 12.9. The van der Waals surface area contributed by atoms with Gasteiger partial charge in [0.2, 0.25) is 0 Å². The molecule has 2 aromatic rings. The van der Waals surface area contributed by atoms with E-state index in [2.05, 4.69) is 70.6 Å². The molecule has 116 valence electrons. The highest BCUT2D eigenvalue weighted by Gasteiger charge is 2.06. The summed E-state index contributed by atoms with van der Waals surface area (Å²) >= 11 is 7.24. The van der Waals surface area contributed by atoms with E-state index in [4.69, 9.17) is 0 Å². The van der Waals surface area contributed by atoms with Crippen LogP contribution in [-0.2, 0) is 19.6 Å². The Labute approximate surface area is 144 Å². The first kappa shape index (κ1) is 17.2. The van der Waals surface area contributed by atoms with Crippen molar-refractivity contribution in [3.8, 4) is 0 Å². The molecular weight excluding hydrogens is 364 g/mol. The van der Waals surface area contributed by atoms with Gasteiger partial charge in [0.25, 0.3) is 0 Å². The lowest BCUT2D eigenvalue weighted by molar-refractivity contribution is 0.325. The van der Waals surface area contributed by atoms with Crippen molar-refractivity contribution < 1.29 is 0 Å². The summed E-state index contributed by atoms with van der Waals surface area (Å²) in [5.41, 5.74) is 0. The van der Waals surface area contributed by atoms with Crippen molar-refractivity contribution in [2.45, 2.75) is 33.5 Å². The second kappa shape index (κ2) is 8.44. The Morgan fingerprint density at radius 3 is 2.57 bits per heavy atom. The molecule has 2 aromatic heterocycles. The highest BCUT2D eigenvalue weighted by atomic mass is 79.9. The molecule has 0 bridgehead atoms. The van der Waals surface area contributed by atoms with E-state index in [-0.39, 0.29) is 0 Å². The Morgan fingerprint density at radius 2 is 1.90 bits per heavy atom. The summed E-state index contributed by atoms with van der Waals surface area (Å²) in [7, 11) is 2.18. The van der Waals surface area contributed by atoms with Crippen molar-refractivity contribution in [1.82, 2.24) is 10.2 Å². The van der Waals surface area contributed by atoms with Crippen molar-refractivity contribution in [3.05, 3.63) is 42.7 Å². The number of rotatable bonds is 8. The predicted octanol–water partition coefficient (Wildman–Crippen LogP) is 4.95. The van der Waals surface area contributed by atoms with Gasteiger partial charge in [-0.05, 0) is 53.6 Å². The number of nitrogens with one attached hydrogen (secondary N) is 1. The molecule has 0 saturated heterocycles. The Balaban J connectivity index is 1.78. The van der Waals surface area contributed by atoms with Crippen LogP contribution in [-0.4, -0.2) is 18.5 Å². The largest absolute Gasteiger partial charge is 0.312 e. The van der Waals surface area contributed by atoms with Crippen LogP contribution in [0.25, 0.3) is 0 Å². The van der Waals surface area contributed by atoms with Crippen LogP contribution in [0.2, 0.25) is 0 Å². The van der Waals surface area contributed by atoms with Crippen LogP contribution in [0, 0.1) is 5.92 Å². The molecule has 0 aliphatic heterocycles. The van der Waals surface area contributed by atoms with Crippen LogP contribution >= 0.6 is 38.6 Å². The van der Waals surface area contributed by atoms with E-state index >= 15 is 0 Å². The van der Waals surface area contributed by atoms with Crippen molar-refractivity contribution >= 4 is 38.6 Å². The van der Waals surface area contributed by atoms with E-state index < -0.39 is 0 Å². The molecule has 0 fully saturated rings. The molecular formula is C16H23BrN2S2. The predicted molar refractivity (Wildman–Crippen MR) is 98.1 cm³/mol. The van der Waals surface area contributed by atoms with Gasteiger partial charge in [-0.2, -0.15) is 0 Å². The molecule has 0 aliphatic carbocycles. The minimum absolute atomic E-state index is 0.709. The van der Waals surface area contributed by atoms with Gasteiger partial charge < -0.3 is 5.32 Å². The summed E-state index contributed by atoms with van der Waals surface area (Å²) in [6.07, 6.45) is 0. The molecule has 5 heteroatoms. The van der Waals surface area contributed by atoms with Gasteiger partial charge in [-0.1, -0.05) is 13.8 Å². The van der Waals surface area contributed by atoms with Gasteiger partial charge >= 0.3 is 0 Å². The number of halogens is 1. The molecule has 0 aromatic carbocycles. The molecule has 0 aliphatic rings. The maximum absolute atomic E-state index is 3.51. The first-order valence-electron chi connectivity index (χ1n) is 7.22. The third-order valence-corrected chi connectivity index (χ3v) is 5.79. The second-order valence-corrected chi connectivity index (χ2v) is 8.96. The van der Waals surface area contributed by atoms with Gasteiger partial charge in [0, 0.05) is 44.1 Å². The second-order valence-electron chi connectivity index (χ2n) is 5.80. The van der Waals surface area contributed by atoms with Gasteiger partial charge in [0.05, 0.1) is 0 Å². The molecule has 0 saturated carbocycles. The maximum atomic E-state index is 3.51. The van der Waals surface area contributed by atoms with Crippen molar-refractivity contribution in [1.29, 1.82) is 0 Å². The zero-order valence-corrected chi connectivity index (χ0v) is 16.1. The number of nitrogens with zero attached hydrogens (tertiary/aromatic N) is 1. The third-order valence-electron chi connectivity index (χ3n) is 3.04. The number of hydrogen-bond acceptors (Lipinski definition) is 4. The Kier molecular flexibility index (Phi) is 6.89. The molecule has 21 heavy (non-hydrogen) atoms. The van der Waals surface area contributed by atoms with Crippen LogP contribution in [0.5, 0.6) is 0 Å². The van der Waals surface area contributed by atoms with E-state index in [1.165, 1.54) is 19.1 Å². The van der Waals surface area contributed by atoms with E-state index in [0.717, 1.165) is 26.2 Å². The molecule has 0 spiro atoms. The first-order valence-corrected chi connectivity index (χ1v) is 9.71. The third kappa shape index (κ3) is 6.20. The van der Waals surface area contributed by atoms with Gasteiger partial charge in [0.15, 0.2) is 0 Å². The summed E-state index contributed by atoms with van der Waals surface area (Å²) in [6.45, 7) is 8.58. The topological polar surface area (TPSA) is 15.3 Å². The van der Waals surface area contributed by atoms with Gasteiger partial charge in [-0.15, -0.1) is 22.7 Å². The molecule has 2 rings (SSSR count). The summed E-state index contributed by atoms with van der Waals surface area (Å²) in [4.78, 5) is 6.64. The maximum Gasteiger partial charge on any atom is 0.0329 e. The highest BCUT2D eigenvalue weighted by Crippen LogP contribution is 2.23. The Hall–Kier alpha value is -0.200. The minimum Gasteiger partial charge on any atom is -0.312 e. The normalized spacial score (nSPS) is 11.7. The standard InChI is InChI=1S/C16H23BrN2S2/c1-12(2)7-18-8-14-4-5-15(21-14)9-19(3)10-16-6-13(17)11-20-16/h4-6,11-12,18H,7-10H2,1-3H3. The fraction of sp³-hybridized carbons (Fsp3) is 0.500. The zero-order chi connectivity index (χ0) is 15.2. The summed E-state index contributed by atoms with van der Waals surface area (Å²) in [6, 6.07) is 6.72. The van der Waals surface area contributed by atoms with E-state index in [1.54, 1.807) is 0 Å². The molecule has 1 N–H and O–H groups in total. The fourth-order valence-electron chi connectivity index (χ4n) is 2.11. The van der Waals surface area contributed by atoms with Crippen molar-refractivity contribution in [2.24, 2.45) is 5.92 Å². The fourth-order valence-corrected chi connectivity index (χ4v) is 4.71.